The fourth-order valence-electron chi connectivity index (χ4n) is 1.31. The molecule has 0 spiro atoms. The van der Waals surface area contributed by atoms with E-state index in [0.29, 0.717) is 5.15 Å². The number of rotatable bonds is 2. The highest BCUT2D eigenvalue weighted by Gasteiger charge is 2.32. The van der Waals surface area contributed by atoms with E-state index < -0.39 is 0 Å². The Hall–Kier alpha value is -0.800. The van der Waals surface area contributed by atoms with E-state index in [-0.39, 0.29) is 5.54 Å². The zero-order valence-electron chi connectivity index (χ0n) is 7.38. The fraction of sp³-hybridized carbons (Fsp3) is 0.444. The van der Waals surface area contributed by atoms with Crippen LogP contribution in [-0.2, 0) is 4.74 Å². The van der Waals surface area contributed by atoms with Crippen molar-refractivity contribution < 1.29 is 4.74 Å². The first-order chi connectivity index (χ1) is 6.18. The molecule has 4 heteroatoms. The van der Waals surface area contributed by atoms with E-state index in [1.807, 2.05) is 12.1 Å². The predicted octanol–water partition coefficient (Wildman–Crippen LogP) is 1.94. The molecule has 0 aliphatic carbocycles. The van der Waals surface area contributed by atoms with Crippen LogP contribution in [0.4, 0.5) is 5.69 Å². The summed E-state index contributed by atoms with van der Waals surface area (Å²) >= 11 is 5.75. The molecule has 70 valence electrons. The standard InChI is InChI=1S/C9H11ClN2O/c1-9(5-13-6-9)12-7-2-3-11-8(10)4-7/h2-4H,5-6H2,1H3,(H,11,12). The minimum absolute atomic E-state index is 0.0602. The Morgan fingerprint density at radius 2 is 2.38 bits per heavy atom. The van der Waals surface area contributed by atoms with Crippen molar-refractivity contribution in [3.63, 3.8) is 0 Å². The summed E-state index contributed by atoms with van der Waals surface area (Å²) in [4.78, 5) is 3.91. The van der Waals surface area contributed by atoms with Gasteiger partial charge in [-0.25, -0.2) is 4.98 Å². The Morgan fingerprint density at radius 3 is 2.92 bits per heavy atom. The second-order valence-electron chi connectivity index (χ2n) is 3.55. The molecule has 1 aliphatic heterocycles. The largest absolute Gasteiger partial charge is 0.376 e. The molecule has 13 heavy (non-hydrogen) atoms. The van der Waals surface area contributed by atoms with Gasteiger partial charge < -0.3 is 10.1 Å². The summed E-state index contributed by atoms with van der Waals surface area (Å²) < 4.78 is 5.13. The van der Waals surface area contributed by atoms with Crippen LogP contribution in [0.15, 0.2) is 18.3 Å². The van der Waals surface area contributed by atoms with Crippen molar-refractivity contribution in [1.82, 2.24) is 4.98 Å². The normalized spacial score (nSPS) is 19.2. The van der Waals surface area contributed by atoms with Crippen LogP contribution >= 0.6 is 11.6 Å². The summed E-state index contributed by atoms with van der Waals surface area (Å²) in [5, 5.41) is 3.85. The summed E-state index contributed by atoms with van der Waals surface area (Å²) in [6.07, 6.45) is 1.69. The molecule has 0 radical (unpaired) electrons. The van der Waals surface area contributed by atoms with Gasteiger partial charge in [-0.15, -0.1) is 0 Å². The number of hydrogen-bond acceptors (Lipinski definition) is 3. The quantitative estimate of drug-likeness (QED) is 0.738. The fourth-order valence-corrected chi connectivity index (χ4v) is 1.48. The van der Waals surface area contributed by atoms with E-state index in [1.54, 1.807) is 6.20 Å². The molecular formula is C9H11ClN2O. The van der Waals surface area contributed by atoms with Gasteiger partial charge in [-0.05, 0) is 19.1 Å². The first-order valence-electron chi connectivity index (χ1n) is 4.15. The lowest BCUT2D eigenvalue weighted by Gasteiger charge is -2.39. The monoisotopic (exact) mass is 198 g/mol. The van der Waals surface area contributed by atoms with Crippen molar-refractivity contribution in [1.29, 1.82) is 0 Å². The third kappa shape index (κ3) is 1.92. The molecule has 0 amide bonds. The molecule has 1 aromatic heterocycles. The van der Waals surface area contributed by atoms with Gasteiger partial charge in [-0.1, -0.05) is 11.6 Å². The van der Waals surface area contributed by atoms with Gasteiger partial charge in [0, 0.05) is 11.9 Å². The zero-order chi connectivity index (χ0) is 9.31. The van der Waals surface area contributed by atoms with Crippen LogP contribution in [0.5, 0.6) is 0 Å². The molecule has 1 fully saturated rings. The number of aromatic nitrogens is 1. The average Bonchev–Trinajstić information content (AvgIpc) is 2.01. The van der Waals surface area contributed by atoms with Crippen LogP contribution in [0.1, 0.15) is 6.92 Å². The molecule has 1 N–H and O–H groups in total. The Balaban J connectivity index is 2.09. The van der Waals surface area contributed by atoms with Crippen molar-refractivity contribution >= 4 is 17.3 Å². The van der Waals surface area contributed by atoms with E-state index in [2.05, 4.69) is 17.2 Å². The number of nitrogens with zero attached hydrogens (tertiary/aromatic N) is 1. The molecule has 1 saturated heterocycles. The van der Waals surface area contributed by atoms with Gasteiger partial charge in [0.25, 0.3) is 0 Å². The zero-order valence-corrected chi connectivity index (χ0v) is 8.14. The third-order valence-corrected chi connectivity index (χ3v) is 2.22. The SMILES string of the molecule is CC1(Nc2ccnc(Cl)c2)COC1. The lowest BCUT2D eigenvalue weighted by Crippen LogP contribution is -2.53. The first-order valence-corrected chi connectivity index (χ1v) is 4.53. The molecule has 1 aliphatic rings. The lowest BCUT2D eigenvalue weighted by molar-refractivity contribution is -0.0318. The average molecular weight is 199 g/mol. The van der Waals surface area contributed by atoms with Crippen LogP contribution in [0.25, 0.3) is 0 Å². The molecule has 2 rings (SSSR count). The summed E-state index contributed by atoms with van der Waals surface area (Å²) in [5.41, 5.74) is 1.05. The molecule has 0 atom stereocenters. The van der Waals surface area contributed by atoms with Crippen LogP contribution in [0.3, 0.4) is 0 Å². The van der Waals surface area contributed by atoms with Gasteiger partial charge in [0.05, 0.1) is 18.8 Å². The number of nitrogens with one attached hydrogen (secondary N) is 1. The predicted molar refractivity (Wildman–Crippen MR) is 52.1 cm³/mol. The van der Waals surface area contributed by atoms with Gasteiger partial charge >= 0.3 is 0 Å². The van der Waals surface area contributed by atoms with Gasteiger partial charge in [-0.3, -0.25) is 0 Å². The van der Waals surface area contributed by atoms with Crippen molar-refractivity contribution in [3.8, 4) is 0 Å². The van der Waals surface area contributed by atoms with Crippen LogP contribution in [0, 0.1) is 0 Å². The maximum atomic E-state index is 5.75. The number of pyridine rings is 1. The second kappa shape index (κ2) is 3.16. The van der Waals surface area contributed by atoms with Crippen LogP contribution in [0.2, 0.25) is 5.15 Å². The van der Waals surface area contributed by atoms with Gasteiger partial charge in [0.15, 0.2) is 0 Å². The lowest BCUT2D eigenvalue weighted by atomic mass is 10.0. The van der Waals surface area contributed by atoms with Crippen molar-refractivity contribution in [2.75, 3.05) is 18.5 Å². The van der Waals surface area contributed by atoms with E-state index in [4.69, 9.17) is 16.3 Å². The summed E-state index contributed by atoms with van der Waals surface area (Å²) in [6, 6.07) is 3.71. The molecule has 0 bridgehead atoms. The van der Waals surface area contributed by atoms with Crippen molar-refractivity contribution in [3.05, 3.63) is 23.5 Å². The maximum absolute atomic E-state index is 5.75. The third-order valence-electron chi connectivity index (χ3n) is 2.01. The molecule has 1 aromatic rings. The summed E-state index contributed by atoms with van der Waals surface area (Å²) in [5.74, 6) is 0. The van der Waals surface area contributed by atoms with Gasteiger partial charge in [0.1, 0.15) is 5.15 Å². The van der Waals surface area contributed by atoms with Gasteiger partial charge in [0.2, 0.25) is 0 Å². The van der Waals surface area contributed by atoms with E-state index in [0.717, 1.165) is 18.9 Å². The molecule has 0 saturated carbocycles. The minimum Gasteiger partial charge on any atom is -0.376 e. The highest BCUT2D eigenvalue weighted by atomic mass is 35.5. The first kappa shape index (κ1) is 8.78. The van der Waals surface area contributed by atoms with E-state index in [9.17, 15) is 0 Å². The van der Waals surface area contributed by atoms with Gasteiger partial charge in [-0.2, -0.15) is 0 Å². The van der Waals surface area contributed by atoms with Crippen LogP contribution < -0.4 is 5.32 Å². The highest BCUT2D eigenvalue weighted by molar-refractivity contribution is 6.29. The molecular weight excluding hydrogens is 188 g/mol. The Kier molecular flexibility index (Phi) is 2.14. The number of anilines is 1. The number of halogens is 1. The van der Waals surface area contributed by atoms with E-state index in [1.165, 1.54) is 0 Å². The summed E-state index contributed by atoms with van der Waals surface area (Å²) in [7, 11) is 0. The highest BCUT2D eigenvalue weighted by Crippen LogP contribution is 2.23. The molecule has 2 heterocycles. The molecule has 0 unspecified atom stereocenters. The van der Waals surface area contributed by atoms with E-state index >= 15 is 0 Å². The minimum atomic E-state index is 0.0602. The number of ether oxygens (including phenoxy) is 1. The topological polar surface area (TPSA) is 34.2 Å². The maximum Gasteiger partial charge on any atom is 0.131 e. The van der Waals surface area contributed by atoms with Crippen molar-refractivity contribution in [2.24, 2.45) is 0 Å². The Morgan fingerprint density at radius 1 is 1.62 bits per heavy atom. The molecule has 3 nitrogen and oxygen atoms in total. The van der Waals surface area contributed by atoms with Crippen molar-refractivity contribution in [2.45, 2.75) is 12.5 Å². The van der Waals surface area contributed by atoms with Crippen LogP contribution in [-0.4, -0.2) is 23.7 Å². The Labute approximate surface area is 82.1 Å². The number of hydrogen-bond donors (Lipinski definition) is 1. The molecule has 0 aromatic carbocycles. The Bertz CT molecular complexity index is 312. The second-order valence-corrected chi connectivity index (χ2v) is 3.93. The summed E-state index contributed by atoms with van der Waals surface area (Å²) in [6.45, 7) is 3.60. The smallest absolute Gasteiger partial charge is 0.131 e.